The summed E-state index contributed by atoms with van der Waals surface area (Å²) in [7, 11) is 0. The smallest absolute Gasteiger partial charge is 0.232 e. The molecule has 0 radical (unpaired) electrons. The fourth-order valence-electron chi connectivity index (χ4n) is 5.50. The summed E-state index contributed by atoms with van der Waals surface area (Å²) in [6, 6.07) is 20.4. The van der Waals surface area contributed by atoms with E-state index in [2.05, 4.69) is 32.1 Å². The van der Waals surface area contributed by atoms with Crippen molar-refractivity contribution in [3.8, 4) is 11.8 Å². The molecule has 3 aromatic rings. The van der Waals surface area contributed by atoms with Gasteiger partial charge >= 0.3 is 0 Å². The van der Waals surface area contributed by atoms with Crippen LogP contribution in [-0.2, 0) is 9.47 Å². The van der Waals surface area contributed by atoms with Crippen molar-refractivity contribution in [1.82, 2.24) is 19.7 Å². The highest BCUT2D eigenvalue weighted by molar-refractivity contribution is 6.30. The molecule has 6 rings (SSSR count). The number of allylic oxidation sites excluding steroid dienone is 4. The second-order valence-corrected chi connectivity index (χ2v) is 10.4. The van der Waals surface area contributed by atoms with E-state index in [-0.39, 0.29) is 0 Å². The van der Waals surface area contributed by atoms with Gasteiger partial charge in [0, 0.05) is 36.9 Å². The van der Waals surface area contributed by atoms with Crippen molar-refractivity contribution in [2.75, 3.05) is 57.5 Å². The predicted molar refractivity (Wildman–Crippen MR) is 156 cm³/mol. The minimum absolute atomic E-state index is 0.490. The average molecular weight is 555 g/mol. The molecule has 2 aliphatic heterocycles. The molecular formula is C31H31ClN6O2. The Kier molecular flexibility index (Phi) is 7.96. The summed E-state index contributed by atoms with van der Waals surface area (Å²) in [5.74, 6) is 1.27. The molecule has 3 aliphatic rings. The quantitative estimate of drug-likeness (QED) is 0.391. The van der Waals surface area contributed by atoms with Crippen molar-refractivity contribution in [3.05, 3.63) is 93.9 Å². The van der Waals surface area contributed by atoms with E-state index in [1.54, 1.807) is 0 Å². The van der Waals surface area contributed by atoms with E-state index in [1.807, 2.05) is 65.2 Å². The van der Waals surface area contributed by atoms with Gasteiger partial charge in [-0.3, -0.25) is 4.57 Å². The first-order valence-electron chi connectivity index (χ1n) is 13.7. The minimum atomic E-state index is 0.490. The number of nitriles is 1. The number of aromatic nitrogens is 3. The fourth-order valence-corrected chi connectivity index (χ4v) is 5.63. The van der Waals surface area contributed by atoms with Crippen LogP contribution in [0.4, 0.5) is 5.95 Å². The summed E-state index contributed by atoms with van der Waals surface area (Å²) < 4.78 is 13.2. The molecule has 9 heteroatoms. The van der Waals surface area contributed by atoms with Crippen LogP contribution >= 0.6 is 11.6 Å². The van der Waals surface area contributed by atoms with Crippen LogP contribution in [-0.4, -0.2) is 72.3 Å². The number of anilines is 1. The summed E-state index contributed by atoms with van der Waals surface area (Å²) in [6.07, 6.45) is 5.98. The largest absolute Gasteiger partial charge is 0.378 e. The van der Waals surface area contributed by atoms with Gasteiger partial charge in [0.1, 0.15) is 6.07 Å². The van der Waals surface area contributed by atoms with E-state index in [1.165, 1.54) is 11.3 Å². The van der Waals surface area contributed by atoms with Crippen molar-refractivity contribution < 1.29 is 9.47 Å². The molecular weight excluding hydrogens is 524 g/mol. The van der Waals surface area contributed by atoms with Gasteiger partial charge in [-0.2, -0.15) is 5.26 Å². The van der Waals surface area contributed by atoms with Gasteiger partial charge in [-0.1, -0.05) is 41.9 Å². The maximum atomic E-state index is 10.4. The Balaban J connectivity index is 1.45. The second-order valence-electron chi connectivity index (χ2n) is 9.96. The first-order chi connectivity index (χ1) is 19.7. The first-order valence-corrected chi connectivity index (χ1v) is 14.1. The molecule has 0 N–H and O–H groups in total. The lowest BCUT2D eigenvalue weighted by Crippen LogP contribution is -2.38. The van der Waals surface area contributed by atoms with Crippen LogP contribution in [0.25, 0.3) is 17.3 Å². The molecule has 2 aromatic carbocycles. The molecule has 1 aromatic heterocycles. The van der Waals surface area contributed by atoms with Gasteiger partial charge in [0.25, 0.3) is 0 Å². The highest BCUT2D eigenvalue weighted by Gasteiger charge is 2.28. The van der Waals surface area contributed by atoms with Gasteiger partial charge in [-0.05, 0) is 66.0 Å². The van der Waals surface area contributed by atoms with Crippen LogP contribution in [0.15, 0.2) is 77.5 Å². The fraction of sp³-hybridized carbons (Fsp3) is 0.323. The molecule has 8 nitrogen and oxygen atoms in total. The SMILES string of the molecule is N#CC(=CC1=C(N2CCOCC2)/C(=C/c2ccc(Cl)cc2)CC1)c1nnc(N2CCOCC2)n1-c1ccccc1. The average Bonchev–Trinajstić information content (AvgIpc) is 3.63. The van der Waals surface area contributed by atoms with Crippen molar-refractivity contribution >= 4 is 29.2 Å². The predicted octanol–water partition coefficient (Wildman–Crippen LogP) is 5.13. The zero-order valence-electron chi connectivity index (χ0n) is 22.3. The summed E-state index contributed by atoms with van der Waals surface area (Å²) in [4.78, 5) is 4.56. The molecule has 2 fully saturated rings. The summed E-state index contributed by atoms with van der Waals surface area (Å²) >= 11 is 6.13. The van der Waals surface area contributed by atoms with Gasteiger partial charge < -0.3 is 19.3 Å². The van der Waals surface area contributed by atoms with Crippen LogP contribution in [0.5, 0.6) is 0 Å². The van der Waals surface area contributed by atoms with Crippen LogP contribution < -0.4 is 4.90 Å². The van der Waals surface area contributed by atoms with Gasteiger partial charge in [0.05, 0.1) is 37.7 Å². The van der Waals surface area contributed by atoms with Crippen LogP contribution in [0.2, 0.25) is 5.02 Å². The number of benzene rings is 2. The number of ether oxygens (including phenoxy) is 2. The summed E-state index contributed by atoms with van der Waals surface area (Å²) in [5.41, 5.74) is 6.09. The minimum Gasteiger partial charge on any atom is -0.378 e. The van der Waals surface area contributed by atoms with Gasteiger partial charge in [-0.15, -0.1) is 10.2 Å². The normalized spacial score (nSPS) is 19.4. The maximum absolute atomic E-state index is 10.4. The van der Waals surface area contributed by atoms with Gasteiger partial charge in [-0.25, -0.2) is 0 Å². The van der Waals surface area contributed by atoms with Crippen molar-refractivity contribution in [3.63, 3.8) is 0 Å². The molecule has 0 spiro atoms. The van der Waals surface area contributed by atoms with Crippen molar-refractivity contribution in [2.24, 2.45) is 0 Å². The third-order valence-electron chi connectivity index (χ3n) is 7.44. The second kappa shape index (κ2) is 12.1. The van der Waals surface area contributed by atoms with Crippen LogP contribution in [0.1, 0.15) is 24.2 Å². The Morgan fingerprint density at radius 2 is 1.52 bits per heavy atom. The third-order valence-corrected chi connectivity index (χ3v) is 7.70. The Labute approximate surface area is 239 Å². The molecule has 0 unspecified atom stereocenters. The first kappa shape index (κ1) is 26.3. The summed E-state index contributed by atoms with van der Waals surface area (Å²) in [5, 5.41) is 20.3. The number of hydrogen-bond acceptors (Lipinski definition) is 7. The lowest BCUT2D eigenvalue weighted by atomic mass is 10.1. The third kappa shape index (κ3) is 5.54. The number of halogens is 1. The number of rotatable bonds is 6. The van der Waals surface area contributed by atoms with E-state index in [9.17, 15) is 5.26 Å². The highest BCUT2D eigenvalue weighted by Crippen LogP contribution is 2.38. The van der Waals surface area contributed by atoms with E-state index < -0.39 is 0 Å². The molecule has 1 aliphatic carbocycles. The molecule has 0 atom stereocenters. The van der Waals surface area contributed by atoms with E-state index in [4.69, 9.17) is 21.1 Å². The van der Waals surface area contributed by atoms with Crippen LogP contribution in [0, 0.1) is 11.3 Å². The molecule has 0 amide bonds. The molecule has 3 heterocycles. The Morgan fingerprint density at radius 3 is 2.20 bits per heavy atom. The Morgan fingerprint density at radius 1 is 0.850 bits per heavy atom. The lowest BCUT2D eigenvalue weighted by Gasteiger charge is -2.31. The van der Waals surface area contributed by atoms with Crippen molar-refractivity contribution in [1.29, 1.82) is 5.26 Å². The zero-order chi connectivity index (χ0) is 27.3. The molecule has 204 valence electrons. The van der Waals surface area contributed by atoms with E-state index >= 15 is 0 Å². The molecule has 2 saturated heterocycles. The van der Waals surface area contributed by atoms with E-state index in [0.29, 0.717) is 37.8 Å². The topological polar surface area (TPSA) is 79.4 Å². The summed E-state index contributed by atoms with van der Waals surface area (Å²) in [6.45, 7) is 5.72. The standard InChI is InChI=1S/C31H31ClN6O2/c32-27-10-6-23(7-11-27)20-24-8-9-25(29(24)36-12-16-39-17-13-36)21-26(22-33)30-34-35-31(37-14-18-40-19-15-37)38(30)28-4-2-1-3-5-28/h1-7,10-11,20-21H,8-9,12-19H2/b24-20+,26-21?. The number of para-hydroxylation sites is 1. The number of hydrogen-bond donors (Lipinski definition) is 0. The van der Waals surface area contributed by atoms with E-state index in [0.717, 1.165) is 66.8 Å². The highest BCUT2D eigenvalue weighted by atomic mass is 35.5. The van der Waals surface area contributed by atoms with Crippen LogP contribution in [0.3, 0.4) is 0 Å². The Hall–Kier alpha value is -3.90. The lowest BCUT2D eigenvalue weighted by molar-refractivity contribution is 0.0547. The number of morpholine rings is 2. The van der Waals surface area contributed by atoms with Gasteiger partial charge in [0.15, 0.2) is 5.82 Å². The zero-order valence-corrected chi connectivity index (χ0v) is 23.1. The molecule has 0 saturated carbocycles. The number of nitrogens with zero attached hydrogens (tertiary/aromatic N) is 6. The van der Waals surface area contributed by atoms with Gasteiger partial charge in [0.2, 0.25) is 5.95 Å². The monoisotopic (exact) mass is 554 g/mol. The molecule has 40 heavy (non-hydrogen) atoms. The molecule has 0 bridgehead atoms. The Bertz CT molecular complexity index is 1470. The van der Waals surface area contributed by atoms with Crippen molar-refractivity contribution in [2.45, 2.75) is 12.8 Å². The maximum Gasteiger partial charge on any atom is 0.232 e.